The molecule has 0 aliphatic carbocycles. The lowest BCUT2D eigenvalue weighted by Crippen LogP contribution is -2.06. The van der Waals surface area contributed by atoms with E-state index in [0.29, 0.717) is 21.1 Å². The standard InChI is InChI=1S/C12H10BrClN2O3/c1-7(11-4-5-12(13)19-11)15-10-6-8(16(17)18)2-3-9(10)14/h2-7,15H,1H3. The highest BCUT2D eigenvalue weighted by molar-refractivity contribution is 9.10. The number of rotatable bonds is 4. The van der Waals surface area contributed by atoms with E-state index in [0.717, 1.165) is 0 Å². The van der Waals surface area contributed by atoms with Gasteiger partial charge in [-0.05, 0) is 41.1 Å². The van der Waals surface area contributed by atoms with Crippen molar-refractivity contribution in [1.82, 2.24) is 0 Å². The number of hydrogen-bond donors (Lipinski definition) is 1. The molecule has 0 aliphatic rings. The molecule has 1 aromatic carbocycles. The number of benzene rings is 1. The molecule has 0 saturated heterocycles. The molecule has 5 nitrogen and oxygen atoms in total. The molecule has 1 N–H and O–H groups in total. The van der Waals surface area contributed by atoms with E-state index in [1.165, 1.54) is 18.2 Å². The van der Waals surface area contributed by atoms with Crippen LogP contribution in [0.1, 0.15) is 18.7 Å². The summed E-state index contributed by atoms with van der Waals surface area (Å²) in [5.41, 5.74) is 0.482. The minimum Gasteiger partial charge on any atom is -0.452 e. The van der Waals surface area contributed by atoms with Gasteiger partial charge in [-0.15, -0.1) is 0 Å². The van der Waals surface area contributed by atoms with Crippen molar-refractivity contribution in [2.45, 2.75) is 13.0 Å². The molecule has 1 atom stereocenters. The first-order chi connectivity index (χ1) is 8.97. The molecule has 2 rings (SSSR count). The number of non-ortho nitro benzene ring substituents is 1. The fourth-order valence-corrected chi connectivity index (χ4v) is 2.09. The molecule has 1 heterocycles. The van der Waals surface area contributed by atoms with E-state index in [9.17, 15) is 10.1 Å². The lowest BCUT2D eigenvalue weighted by molar-refractivity contribution is -0.384. The Morgan fingerprint density at radius 1 is 1.42 bits per heavy atom. The SMILES string of the molecule is CC(Nc1cc([N+](=O)[O-])ccc1Cl)c1ccc(Br)o1. The van der Waals surface area contributed by atoms with Crippen LogP contribution >= 0.6 is 27.5 Å². The zero-order valence-electron chi connectivity index (χ0n) is 9.89. The Bertz CT molecular complexity index is 615. The van der Waals surface area contributed by atoms with E-state index < -0.39 is 4.92 Å². The van der Waals surface area contributed by atoms with Gasteiger partial charge in [-0.2, -0.15) is 0 Å². The molecule has 19 heavy (non-hydrogen) atoms. The summed E-state index contributed by atoms with van der Waals surface area (Å²) in [6.45, 7) is 1.88. The van der Waals surface area contributed by atoms with E-state index in [1.54, 1.807) is 6.07 Å². The Kier molecular flexibility index (Phi) is 4.11. The zero-order valence-corrected chi connectivity index (χ0v) is 12.2. The van der Waals surface area contributed by atoms with Crippen LogP contribution in [0.2, 0.25) is 5.02 Å². The van der Waals surface area contributed by atoms with Crippen molar-refractivity contribution in [3.63, 3.8) is 0 Å². The van der Waals surface area contributed by atoms with E-state index in [2.05, 4.69) is 21.2 Å². The molecule has 2 aromatic rings. The van der Waals surface area contributed by atoms with Crippen molar-refractivity contribution in [3.05, 3.63) is 55.9 Å². The monoisotopic (exact) mass is 344 g/mol. The third-order valence-electron chi connectivity index (χ3n) is 2.55. The highest BCUT2D eigenvalue weighted by Crippen LogP contribution is 2.30. The van der Waals surface area contributed by atoms with Crippen LogP contribution in [-0.4, -0.2) is 4.92 Å². The van der Waals surface area contributed by atoms with Gasteiger partial charge in [-0.3, -0.25) is 10.1 Å². The predicted molar refractivity (Wildman–Crippen MR) is 76.6 cm³/mol. The summed E-state index contributed by atoms with van der Waals surface area (Å²) in [5, 5.41) is 14.2. The predicted octanol–water partition coefficient (Wildman–Crippen LogP) is 4.78. The molecule has 0 amide bonds. The van der Waals surface area contributed by atoms with Crippen molar-refractivity contribution in [1.29, 1.82) is 0 Å². The van der Waals surface area contributed by atoms with Crippen LogP contribution in [0.3, 0.4) is 0 Å². The number of hydrogen-bond acceptors (Lipinski definition) is 4. The van der Waals surface area contributed by atoms with Crippen molar-refractivity contribution >= 4 is 38.9 Å². The second kappa shape index (κ2) is 5.63. The lowest BCUT2D eigenvalue weighted by atomic mass is 10.2. The van der Waals surface area contributed by atoms with Crippen LogP contribution in [0.4, 0.5) is 11.4 Å². The molecule has 0 radical (unpaired) electrons. The number of nitro benzene ring substituents is 1. The Morgan fingerprint density at radius 3 is 2.74 bits per heavy atom. The maximum atomic E-state index is 10.7. The fourth-order valence-electron chi connectivity index (χ4n) is 1.60. The van der Waals surface area contributed by atoms with Crippen molar-refractivity contribution in [3.8, 4) is 0 Å². The molecule has 0 saturated carbocycles. The van der Waals surface area contributed by atoms with E-state index in [-0.39, 0.29) is 11.7 Å². The van der Waals surface area contributed by atoms with Gasteiger partial charge in [-0.25, -0.2) is 0 Å². The molecular weight excluding hydrogens is 336 g/mol. The summed E-state index contributed by atoms with van der Waals surface area (Å²) in [5.74, 6) is 0.703. The normalized spacial score (nSPS) is 12.2. The van der Waals surface area contributed by atoms with Gasteiger partial charge in [0.05, 0.1) is 21.7 Å². The number of anilines is 1. The van der Waals surface area contributed by atoms with E-state index >= 15 is 0 Å². The molecule has 0 spiro atoms. The van der Waals surface area contributed by atoms with Gasteiger partial charge in [0.25, 0.3) is 5.69 Å². The smallest absolute Gasteiger partial charge is 0.271 e. The van der Waals surface area contributed by atoms with Gasteiger partial charge in [0, 0.05) is 12.1 Å². The second-order valence-electron chi connectivity index (χ2n) is 3.93. The van der Waals surface area contributed by atoms with Gasteiger partial charge >= 0.3 is 0 Å². The Labute approximate surface area is 122 Å². The first-order valence-corrected chi connectivity index (χ1v) is 6.60. The summed E-state index contributed by atoms with van der Waals surface area (Å²) in [4.78, 5) is 10.3. The summed E-state index contributed by atoms with van der Waals surface area (Å²) < 4.78 is 6.04. The first-order valence-electron chi connectivity index (χ1n) is 5.43. The number of nitrogens with one attached hydrogen (secondary N) is 1. The number of furan rings is 1. The van der Waals surface area contributed by atoms with Crippen LogP contribution in [0.5, 0.6) is 0 Å². The van der Waals surface area contributed by atoms with Crippen LogP contribution in [0.15, 0.2) is 39.4 Å². The maximum Gasteiger partial charge on any atom is 0.271 e. The summed E-state index contributed by atoms with van der Waals surface area (Å²) in [6.07, 6.45) is 0. The molecule has 0 fully saturated rings. The van der Waals surface area contributed by atoms with Crippen LogP contribution < -0.4 is 5.32 Å². The average Bonchev–Trinajstić information content (AvgIpc) is 2.78. The molecule has 0 aliphatic heterocycles. The minimum atomic E-state index is -0.463. The van der Waals surface area contributed by atoms with Gasteiger partial charge in [0.1, 0.15) is 5.76 Å². The second-order valence-corrected chi connectivity index (χ2v) is 5.12. The van der Waals surface area contributed by atoms with Crippen molar-refractivity contribution in [2.75, 3.05) is 5.32 Å². The van der Waals surface area contributed by atoms with Crippen LogP contribution in [-0.2, 0) is 0 Å². The highest BCUT2D eigenvalue weighted by Gasteiger charge is 2.14. The first kappa shape index (κ1) is 13.9. The Morgan fingerprint density at radius 2 is 2.16 bits per heavy atom. The summed E-state index contributed by atoms with van der Waals surface area (Å²) in [6, 6.07) is 7.69. The largest absolute Gasteiger partial charge is 0.452 e. The number of halogens is 2. The highest BCUT2D eigenvalue weighted by atomic mass is 79.9. The van der Waals surface area contributed by atoms with Crippen molar-refractivity contribution in [2.24, 2.45) is 0 Å². The topological polar surface area (TPSA) is 68.3 Å². The summed E-state index contributed by atoms with van der Waals surface area (Å²) >= 11 is 9.23. The fraction of sp³-hybridized carbons (Fsp3) is 0.167. The van der Waals surface area contributed by atoms with Crippen LogP contribution in [0.25, 0.3) is 0 Å². The van der Waals surface area contributed by atoms with Gasteiger partial charge in [0.2, 0.25) is 0 Å². The summed E-state index contributed by atoms with van der Waals surface area (Å²) in [7, 11) is 0. The van der Waals surface area contributed by atoms with Gasteiger partial charge < -0.3 is 9.73 Å². The average molecular weight is 346 g/mol. The molecule has 0 bridgehead atoms. The molecule has 1 aromatic heterocycles. The lowest BCUT2D eigenvalue weighted by Gasteiger charge is -2.13. The van der Waals surface area contributed by atoms with E-state index in [1.807, 2.05) is 13.0 Å². The van der Waals surface area contributed by atoms with Crippen molar-refractivity contribution < 1.29 is 9.34 Å². The van der Waals surface area contributed by atoms with Crippen LogP contribution in [0, 0.1) is 10.1 Å². The number of nitrogens with zero attached hydrogens (tertiary/aromatic N) is 1. The third kappa shape index (κ3) is 3.27. The number of nitro groups is 1. The molecule has 100 valence electrons. The van der Waals surface area contributed by atoms with Gasteiger partial charge in [0.15, 0.2) is 4.67 Å². The molecule has 7 heteroatoms. The minimum absolute atomic E-state index is 0.0141. The quantitative estimate of drug-likeness (QED) is 0.640. The Hall–Kier alpha value is -1.53. The van der Waals surface area contributed by atoms with Gasteiger partial charge in [-0.1, -0.05) is 11.6 Å². The maximum absolute atomic E-state index is 10.7. The van der Waals surface area contributed by atoms with E-state index in [4.69, 9.17) is 16.0 Å². The molecular formula is C12H10BrClN2O3. The zero-order chi connectivity index (χ0) is 14.0. The molecule has 1 unspecified atom stereocenters. The third-order valence-corrected chi connectivity index (χ3v) is 3.31. The Balaban J connectivity index is 2.22.